The number of halogens is 1. The lowest BCUT2D eigenvalue weighted by atomic mass is 10.2. The van der Waals surface area contributed by atoms with Crippen molar-refractivity contribution in [2.24, 2.45) is 0 Å². The van der Waals surface area contributed by atoms with Crippen molar-refractivity contribution in [3.05, 3.63) is 27.8 Å². The lowest BCUT2D eigenvalue weighted by Gasteiger charge is -2.20. The Morgan fingerprint density at radius 3 is 2.29 bits per heavy atom. The summed E-state index contributed by atoms with van der Waals surface area (Å²) in [6, 6.07) is 8.67. The van der Waals surface area contributed by atoms with Gasteiger partial charge in [0, 0.05) is 22.4 Å². The zero-order chi connectivity index (χ0) is 10.6. The van der Waals surface area contributed by atoms with Crippen molar-refractivity contribution in [3.8, 4) is 0 Å². The molecule has 0 aliphatic heterocycles. The molecule has 0 amide bonds. The van der Waals surface area contributed by atoms with Gasteiger partial charge in [-0.3, -0.25) is 0 Å². The van der Waals surface area contributed by atoms with Gasteiger partial charge in [-0.2, -0.15) is 0 Å². The van der Waals surface area contributed by atoms with Crippen LogP contribution in [0.25, 0.3) is 0 Å². The van der Waals surface area contributed by atoms with Gasteiger partial charge in [-0.15, -0.1) is 0 Å². The quantitative estimate of drug-likeness (QED) is 0.863. The van der Waals surface area contributed by atoms with Crippen LogP contribution in [0.3, 0.4) is 0 Å². The van der Waals surface area contributed by atoms with Crippen LogP contribution in [0.2, 0.25) is 0 Å². The zero-order valence-corrected chi connectivity index (χ0v) is 10.9. The fourth-order valence-corrected chi connectivity index (χ4v) is 1.49. The van der Waals surface area contributed by atoms with Gasteiger partial charge < -0.3 is 10.1 Å². The Bertz CT molecular complexity index is 273. The van der Waals surface area contributed by atoms with Crippen molar-refractivity contribution in [1.82, 2.24) is 0 Å². The molecule has 1 rings (SSSR count). The van der Waals surface area contributed by atoms with Crippen LogP contribution in [-0.4, -0.2) is 19.3 Å². The highest BCUT2D eigenvalue weighted by molar-refractivity contribution is 14.1. The molecular formula is C11H16INO. The number of ether oxygens (including phenoxy) is 1. The third-order valence-electron chi connectivity index (χ3n) is 2.31. The van der Waals surface area contributed by atoms with Crippen molar-refractivity contribution in [2.45, 2.75) is 26.0 Å². The second-order valence-corrected chi connectivity index (χ2v) is 4.63. The first kappa shape index (κ1) is 11.8. The molecule has 0 radical (unpaired) electrons. The van der Waals surface area contributed by atoms with E-state index in [1.54, 1.807) is 7.11 Å². The molecule has 14 heavy (non-hydrogen) atoms. The highest BCUT2D eigenvalue weighted by Crippen LogP contribution is 2.13. The molecule has 0 aromatic heterocycles. The number of hydrogen-bond donors (Lipinski definition) is 1. The highest BCUT2D eigenvalue weighted by atomic mass is 127. The molecule has 0 fully saturated rings. The van der Waals surface area contributed by atoms with Crippen molar-refractivity contribution in [1.29, 1.82) is 0 Å². The Hall–Kier alpha value is -0.290. The average molecular weight is 305 g/mol. The number of benzene rings is 1. The zero-order valence-electron chi connectivity index (χ0n) is 8.75. The van der Waals surface area contributed by atoms with Gasteiger partial charge in [-0.1, -0.05) is 0 Å². The number of rotatable bonds is 4. The second-order valence-electron chi connectivity index (χ2n) is 3.38. The number of hydrogen-bond acceptors (Lipinski definition) is 2. The topological polar surface area (TPSA) is 21.3 Å². The fraction of sp³-hybridized carbons (Fsp3) is 0.455. The molecule has 0 aliphatic rings. The van der Waals surface area contributed by atoms with E-state index >= 15 is 0 Å². The molecule has 0 aliphatic carbocycles. The lowest BCUT2D eigenvalue weighted by Crippen LogP contribution is -2.29. The summed E-state index contributed by atoms with van der Waals surface area (Å²) in [6.45, 7) is 4.18. The van der Waals surface area contributed by atoms with Gasteiger partial charge in [0.25, 0.3) is 0 Å². The van der Waals surface area contributed by atoms with Crippen LogP contribution in [0.15, 0.2) is 24.3 Å². The summed E-state index contributed by atoms with van der Waals surface area (Å²) in [6.07, 6.45) is 0.217. The first-order chi connectivity index (χ1) is 6.63. The summed E-state index contributed by atoms with van der Waals surface area (Å²) in [4.78, 5) is 0. The van der Waals surface area contributed by atoms with E-state index in [2.05, 4.69) is 66.0 Å². The third-order valence-corrected chi connectivity index (χ3v) is 3.03. The second kappa shape index (κ2) is 5.56. The fourth-order valence-electron chi connectivity index (χ4n) is 1.13. The molecule has 1 N–H and O–H groups in total. The maximum absolute atomic E-state index is 5.24. The number of anilines is 1. The molecule has 0 heterocycles. The van der Waals surface area contributed by atoms with Gasteiger partial charge in [-0.25, -0.2) is 0 Å². The molecule has 0 saturated carbocycles. The van der Waals surface area contributed by atoms with Crippen LogP contribution >= 0.6 is 22.6 Å². The predicted octanol–water partition coefficient (Wildman–Crippen LogP) is 3.13. The molecule has 78 valence electrons. The maximum atomic E-state index is 5.24. The predicted molar refractivity (Wildman–Crippen MR) is 68.7 cm³/mol. The van der Waals surface area contributed by atoms with E-state index in [1.807, 2.05) is 0 Å². The van der Waals surface area contributed by atoms with Crippen LogP contribution in [0.4, 0.5) is 5.69 Å². The average Bonchev–Trinajstić information content (AvgIpc) is 2.20. The lowest BCUT2D eigenvalue weighted by molar-refractivity contribution is 0.106. The minimum atomic E-state index is 0.217. The van der Waals surface area contributed by atoms with Gasteiger partial charge in [0.2, 0.25) is 0 Å². The van der Waals surface area contributed by atoms with Gasteiger partial charge in [0.05, 0.1) is 6.10 Å². The minimum Gasteiger partial charge on any atom is -0.380 e. The van der Waals surface area contributed by atoms with Crippen LogP contribution in [-0.2, 0) is 4.74 Å². The van der Waals surface area contributed by atoms with E-state index in [1.165, 1.54) is 3.57 Å². The molecule has 2 atom stereocenters. The van der Waals surface area contributed by atoms with E-state index in [0.717, 1.165) is 5.69 Å². The molecule has 0 saturated heterocycles. The molecule has 3 heteroatoms. The van der Waals surface area contributed by atoms with Crippen LogP contribution in [0.1, 0.15) is 13.8 Å². The summed E-state index contributed by atoms with van der Waals surface area (Å²) in [5.41, 5.74) is 1.14. The van der Waals surface area contributed by atoms with Crippen molar-refractivity contribution >= 4 is 28.3 Å². The number of nitrogens with one attached hydrogen (secondary N) is 1. The Labute approximate surface area is 99.2 Å². The Morgan fingerprint density at radius 2 is 1.79 bits per heavy atom. The van der Waals surface area contributed by atoms with Crippen LogP contribution < -0.4 is 5.32 Å². The Morgan fingerprint density at radius 1 is 1.21 bits per heavy atom. The van der Waals surface area contributed by atoms with Crippen molar-refractivity contribution in [2.75, 3.05) is 12.4 Å². The smallest absolute Gasteiger partial charge is 0.0741 e. The van der Waals surface area contributed by atoms with Gasteiger partial charge in [0.1, 0.15) is 0 Å². The van der Waals surface area contributed by atoms with E-state index in [9.17, 15) is 0 Å². The molecule has 0 bridgehead atoms. The standard InChI is InChI=1S/C11H16INO/c1-8(9(2)14-3)13-11-6-4-10(12)5-7-11/h4-9,13H,1-3H3. The molecule has 0 spiro atoms. The van der Waals surface area contributed by atoms with Gasteiger partial charge >= 0.3 is 0 Å². The summed E-state index contributed by atoms with van der Waals surface area (Å²) >= 11 is 2.30. The SMILES string of the molecule is COC(C)C(C)Nc1ccc(I)cc1. The monoisotopic (exact) mass is 305 g/mol. The number of methoxy groups -OCH3 is 1. The van der Waals surface area contributed by atoms with E-state index in [0.29, 0.717) is 6.04 Å². The summed E-state index contributed by atoms with van der Waals surface area (Å²) in [5.74, 6) is 0. The first-order valence-electron chi connectivity index (χ1n) is 4.68. The highest BCUT2D eigenvalue weighted by Gasteiger charge is 2.09. The molecule has 2 unspecified atom stereocenters. The third kappa shape index (κ3) is 3.46. The summed E-state index contributed by atoms with van der Waals surface area (Å²) in [5, 5.41) is 3.39. The van der Waals surface area contributed by atoms with E-state index in [-0.39, 0.29) is 6.10 Å². The first-order valence-corrected chi connectivity index (χ1v) is 5.76. The van der Waals surface area contributed by atoms with E-state index < -0.39 is 0 Å². The van der Waals surface area contributed by atoms with E-state index in [4.69, 9.17) is 4.74 Å². The molecule has 1 aromatic carbocycles. The molecule has 2 nitrogen and oxygen atoms in total. The summed E-state index contributed by atoms with van der Waals surface area (Å²) in [7, 11) is 1.73. The van der Waals surface area contributed by atoms with Gasteiger partial charge in [-0.05, 0) is 60.7 Å². The summed E-state index contributed by atoms with van der Waals surface area (Å²) < 4.78 is 6.49. The largest absolute Gasteiger partial charge is 0.380 e. The molecule has 1 aromatic rings. The minimum absolute atomic E-state index is 0.217. The van der Waals surface area contributed by atoms with Gasteiger partial charge in [0.15, 0.2) is 0 Å². The normalized spacial score (nSPS) is 14.9. The van der Waals surface area contributed by atoms with Crippen molar-refractivity contribution in [3.63, 3.8) is 0 Å². The van der Waals surface area contributed by atoms with Crippen LogP contribution in [0, 0.1) is 3.57 Å². The Balaban J connectivity index is 2.56. The maximum Gasteiger partial charge on any atom is 0.0741 e. The Kier molecular flexibility index (Phi) is 4.68. The van der Waals surface area contributed by atoms with Crippen LogP contribution in [0.5, 0.6) is 0 Å². The molecular weight excluding hydrogens is 289 g/mol. The van der Waals surface area contributed by atoms with Crippen molar-refractivity contribution < 1.29 is 4.74 Å².